The molecular formula is C19H20FNO3. The van der Waals surface area contributed by atoms with Crippen LogP contribution < -0.4 is 5.32 Å². The number of rotatable bonds is 6. The first-order valence-electron chi connectivity index (χ1n) is 7.71. The average Bonchev–Trinajstić information content (AvgIpc) is 2.55. The van der Waals surface area contributed by atoms with Crippen LogP contribution in [0, 0.1) is 24.6 Å². The van der Waals surface area contributed by atoms with Gasteiger partial charge in [0, 0.05) is 5.69 Å². The molecule has 0 fully saturated rings. The van der Waals surface area contributed by atoms with Gasteiger partial charge in [-0.15, -0.1) is 0 Å². The molecule has 0 saturated heterocycles. The van der Waals surface area contributed by atoms with Gasteiger partial charge < -0.3 is 10.4 Å². The van der Waals surface area contributed by atoms with Crippen molar-refractivity contribution >= 4 is 17.6 Å². The van der Waals surface area contributed by atoms with E-state index in [1.165, 1.54) is 31.2 Å². The Hall–Kier alpha value is -2.69. The Labute approximate surface area is 140 Å². The number of halogens is 1. The summed E-state index contributed by atoms with van der Waals surface area (Å²) in [6.07, 6.45) is 0.320. The summed E-state index contributed by atoms with van der Waals surface area (Å²) >= 11 is 0. The molecule has 0 bridgehead atoms. The van der Waals surface area contributed by atoms with Crippen molar-refractivity contribution in [2.45, 2.75) is 20.3 Å². The molecule has 126 valence electrons. The minimum Gasteiger partial charge on any atom is -0.481 e. The van der Waals surface area contributed by atoms with Crippen LogP contribution in [0.15, 0.2) is 48.5 Å². The summed E-state index contributed by atoms with van der Waals surface area (Å²) in [4.78, 5) is 23.9. The summed E-state index contributed by atoms with van der Waals surface area (Å²) in [6.45, 7) is 3.48. The number of nitrogens with one attached hydrogen (secondary N) is 1. The van der Waals surface area contributed by atoms with Gasteiger partial charge in [0.15, 0.2) is 0 Å². The predicted octanol–water partition coefficient (Wildman–Crippen LogP) is 3.65. The van der Waals surface area contributed by atoms with E-state index in [1.807, 2.05) is 31.2 Å². The number of aryl methyl sites for hydroxylation is 1. The van der Waals surface area contributed by atoms with Gasteiger partial charge in [-0.25, -0.2) is 4.39 Å². The molecule has 0 heterocycles. The van der Waals surface area contributed by atoms with Crippen LogP contribution in [-0.2, 0) is 16.0 Å². The third kappa shape index (κ3) is 4.65. The lowest BCUT2D eigenvalue weighted by Crippen LogP contribution is -2.33. The van der Waals surface area contributed by atoms with Crippen LogP contribution in [-0.4, -0.2) is 17.0 Å². The van der Waals surface area contributed by atoms with Crippen LogP contribution in [0.25, 0.3) is 0 Å². The smallest absolute Gasteiger partial charge is 0.307 e. The Morgan fingerprint density at radius 2 is 1.67 bits per heavy atom. The standard InChI is InChI=1S/C19H20FNO3/c1-12-3-5-14(6-4-12)11-17(13(2)19(23)24)18(22)21-16-9-7-15(20)8-10-16/h3-10,13,17H,11H2,1-2H3,(H,21,22)(H,23,24)/t13-,17-/m0/s1. The van der Waals surface area contributed by atoms with Crippen LogP contribution in [0.3, 0.4) is 0 Å². The topological polar surface area (TPSA) is 66.4 Å². The van der Waals surface area contributed by atoms with Gasteiger partial charge in [0.05, 0.1) is 11.8 Å². The van der Waals surface area contributed by atoms with Crippen LogP contribution in [0.2, 0.25) is 0 Å². The number of carboxylic acids is 1. The fourth-order valence-corrected chi connectivity index (χ4v) is 2.41. The number of amides is 1. The van der Waals surface area contributed by atoms with E-state index in [0.29, 0.717) is 12.1 Å². The molecule has 2 aromatic carbocycles. The molecule has 0 saturated carbocycles. The van der Waals surface area contributed by atoms with E-state index in [2.05, 4.69) is 5.32 Å². The van der Waals surface area contributed by atoms with Crippen molar-refractivity contribution in [1.29, 1.82) is 0 Å². The maximum absolute atomic E-state index is 12.9. The van der Waals surface area contributed by atoms with Crippen LogP contribution in [0.5, 0.6) is 0 Å². The van der Waals surface area contributed by atoms with Gasteiger partial charge in [0.1, 0.15) is 5.82 Å². The van der Waals surface area contributed by atoms with Crippen LogP contribution in [0.1, 0.15) is 18.1 Å². The highest BCUT2D eigenvalue weighted by Crippen LogP contribution is 2.21. The molecular weight excluding hydrogens is 309 g/mol. The first kappa shape index (κ1) is 17.7. The van der Waals surface area contributed by atoms with E-state index in [1.54, 1.807) is 0 Å². The second kappa shape index (κ2) is 7.73. The lowest BCUT2D eigenvalue weighted by atomic mass is 9.87. The monoisotopic (exact) mass is 329 g/mol. The Bertz CT molecular complexity index is 710. The Kier molecular flexibility index (Phi) is 5.68. The zero-order chi connectivity index (χ0) is 17.7. The molecule has 2 N–H and O–H groups in total. The fraction of sp³-hybridized carbons (Fsp3) is 0.263. The highest BCUT2D eigenvalue weighted by molar-refractivity contribution is 5.95. The normalized spacial score (nSPS) is 13.1. The summed E-state index contributed by atoms with van der Waals surface area (Å²) in [6, 6.07) is 13.0. The van der Waals surface area contributed by atoms with E-state index in [9.17, 15) is 19.1 Å². The largest absolute Gasteiger partial charge is 0.481 e. The van der Waals surface area contributed by atoms with Crippen molar-refractivity contribution in [3.8, 4) is 0 Å². The predicted molar refractivity (Wildman–Crippen MR) is 90.2 cm³/mol. The maximum atomic E-state index is 12.9. The van der Waals surface area contributed by atoms with Gasteiger partial charge in [0.2, 0.25) is 5.91 Å². The molecule has 2 atom stereocenters. The minimum absolute atomic E-state index is 0.320. The van der Waals surface area contributed by atoms with E-state index in [0.717, 1.165) is 11.1 Å². The number of hydrogen-bond acceptors (Lipinski definition) is 2. The van der Waals surface area contributed by atoms with E-state index in [-0.39, 0.29) is 0 Å². The molecule has 5 heteroatoms. The van der Waals surface area contributed by atoms with E-state index in [4.69, 9.17) is 0 Å². The molecule has 4 nitrogen and oxygen atoms in total. The first-order valence-corrected chi connectivity index (χ1v) is 7.71. The SMILES string of the molecule is Cc1ccc(C[C@H](C(=O)Nc2ccc(F)cc2)[C@H](C)C(=O)O)cc1. The molecule has 0 aromatic heterocycles. The molecule has 0 aliphatic carbocycles. The molecule has 24 heavy (non-hydrogen) atoms. The van der Waals surface area contributed by atoms with Crippen LogP contribution in [0.4, 0.5) is 10.1 Å². The quantitative estimate of drug-likeness (QED) is 0.850. The van der Waals surface area contributed by atoms with Gasteiger partial charge in [-0.2, -0.15) is 0 Å². The van der Waals surface area contributed by atoms with Crippen molar-refractivity contribution in [3.05, 3.63) is 65.5 Å². The number of hydrogen-bond donors (Lipinski definition) is 2. The molecule has 0 radical (unpaired) electrons. The first-order chi connectivity index (χ1) is 11.4. The van der Waals surface area contributed by atoms with Gasteiger partial charge in [-0.05, 0) is 43.2 Å². The number of carbonyl (C=O) groups excluding carboxylic acids is 1. The Balaban J connectivity index is 2.18. The van der Waals surface area contributed by atoms with Crippen molar-refractivity contribution in [2.75, 3.05) is 5.32 Å². The van der Waals surface area contributed by atoms with Crippen molar-refractivity contribution in [1.82, 2.24) is 0 Å². The summed E-state index contributed by atoms with van der Waals surface area (Å²) in [5.74, 6) is -3.39. The van der Waals surface area contributed by atoms with Crippen molar-refractivity contribution in [3.63, 3.8) is 0 Å². The number of anilines is 1. The Morgan fingerprint density at radius 1 is 1.08 bits per heavy atom. The van der Waals surface area contributed by atoms with E-state index >= 15 is 0 Å². The van der Waals surface area contributed by atoms with Gasteiger partial charge in [0.25, 0.3) is 0 Å². The molecule has 2 rings (SSSR count). The average molecular weight is 329 g/mol. The number of benzene rings is 2. The molecule has 2 aromatic rings. The van der Waals surface area contributed by atoms with E-state index < -0.39 is 29.5 Å². The molecule has 0 spiro atoms. The third-order valence-electron chi connectivity index (χ3n) is 4.02. The lowest BCUT2D eigenvalue weighted by molar-refractivity contribution is -0.145. The summed E-state index contributed by atoms with van der Waals surface area (Å²) < 4.78 is 12.9. The van der Waals surface area contributed by atoms with Crippen molar-refractivity contribution in [2.24, 2.45) is 11.8 Å². The van der Waals surface area contributed by atoms with Gasteiger partial charge in [-0.3, -0.25) is 9.59 Å². The van der Waals surface area contributed by atoms with Crippen molar-refractivity contribution < 1.29 is 19.1 Å². The highest BCUT2D eigenvalue weighted by atomic mass is 19.1. The fourth-order valence-electron chi connectivity index (χ4n) is 2.41. The molecule has 0 unspecified atom stereocenters. The summed E-state index contributed by atoms with van der Waals surface area (Å²) in [5, 5.41) is 12.0. The molecule has 0 aliphatic rings. The lowest BCUT2D eigenvalue weighted by Gasteiger charge is -2.20. The highest BCUT2D eigenvalue weighted by Gasteiger charge is 2.30. The Morgan fingerprint density at radius 3 is 2.21 bits per heavy atom. The van der Waals surface area contributed by atoms with Crippen LogP contribution >= 0.6 is 0 Å². The zero-order valence-electron chi connectivity index (χ0n) is 13.6. The third-order valence-corrected chi connectivity index (χ3v) is 4.02. The molecule has 0 aliphatic heterocycles. The zero-order valence-corrected chi connectivity index (χ0v) is 13.6. The molecule has 1 amide bonds. The number of carbonyl (C=O) groups is 2. The van der Waals surface area contributed by atoms with Gasteiger partial charge in [-0.1, -0.05) is 36.8 Å². The number of carboxylic acid groups (broad SMARTS) is 1. The number of aliphatic carboxylic acids is 1. The second-order valence-corrected chi connectivity index (χ2v) is 5.92. The maximum Gasteiger partial charge on any atom is 0.307 e. The summed E-state index contributed by atoms with van der Waals surface area (Å²) in [5.41, 5.74) is 2.43. The van der Waals surface area contributed by atoms with Gasteiger partial charge >= 0.3 is 5.97 Å². The summed E-state index contributed by atoms with van der Waals surface area (Å²) in [7, 11) is 0. The minimum atomic E-state index is -1.03. The second-order valence-electron chi connectivity index (χ2n) is 5.92.